The first kappa shape index (κ1) is 10.7. The minimum atomic E-state index is 0.615. The maximum absolute atomic E-state index is 4.56. The first-order chi connectivity index (χ1) is 8.42. The smallest absolute Gasteiger partial charge is 0.247 e. The fourth-order valence-corrected chi connectivity index (χ4v) is 2.21. The minimum Gasteiger partial charge on any atom is -0.366 e. The Kier molecular flexibility index (Phi) is 3.07. The van der Waals surface area contributed by atoms with E-state index in [9.17, 15) is 0 Å². The lowest BCUT2D eigenvalue weighted by Gasteiger charge is -2.19. The zero-order valence-electron chi connectivity index (χ0n) is 10.1. The minimum absolute atomic E-state index is 0.615. The van der Waals surface area contributed by atoms with E-state index in [-0.39, 0.29) is 0 Å². The Morgan fingerprint density at radius 3 is 2.59 bits per heavy atom. The van der Waals surface area contributed by atoms with E-state index in [1.54, 1.807) is 6.20 Å². The van der Waals surface area contributed by atoms with E-state index in [0.29, 0.717) is 6.04 Å². The number of hydrogen-bond acceptors (Lipinski definition) is 5. The Hall–Kier alpha value is -1.39. The molecule has 0 radical (unpaired) electrons. The molecule has 1 saturated heterocycles. The van der Waals surface area contributed by atoms with Crippen molar-refractivity contribution in [3.8, 4) is 0 Å². The standard InChI is InChI=1S/C12H19N5/c1-2-4-8-17(7-3-1)12-15-11(9-13-16-12)14-10-5-6-10/h9-10H,1-8H2,(H,14,15,16). The third-order valence-corrected chi connectivity index (χ3v) is 3.37. The van der Waals surface area contributed by atoms with Crippen molar-refractivity contribution in [3.05, 3.63) is 6.20 Å². The second-order valence-corrected chi connectivity index (χ2v) is 4.96. The van der Waals surface area contributed by atoms with E-state index in [1.807, 2.05) is 0 Å². The SMILES string of the molecule is c1nnc(N2CCCCCC2)nc1NC1CC1. The van der Waals surface area contributed by atoms with Gasteiger partial charge in [0.15, 0.2) is 5.82 Å². The van der Waals surface area contributed by atoms with Crippen LogP contribution in [0.2, 0.25) is 0 Å². The van der Waals surface area contributed by atoms with Crippen molar-refractivity contribution in [2.45, 2.75) is 44.6 Å². The van der Waals surface area contributed by atoms with Crippen molar-refractivity contribution in [3.63, 3.8) is 0 Å². The van der Waals surface area contributed by atoms with Crippen LogP contribution in [0.25, 0.3) is 0 Å². The van der Waals surface area contributed by atoms with E-state index in [0.717, 1.165) is 24.9 Å². The summed E-state index contributed by atoms with van der Waals surface area (Å²) in [6.07, 6.45) is 9.35. The molecule has 1 aromatic rings. The van der Waals surface area contributed by atoms with Gasteiger partial charge in [0.1, 0.15) is 0 Å². The van der Waals surface area contributed by atoms with E-state index < -0.39 is 0 Å². The molecule has 5 heteroatoms. The van der Waals surface area contributed by atoms with Crippen LogP contribution in [-0.2, 0) is 0 Å². The van der Waals surface area contributed by atoms with E-state index in [1.165, 1.54) is 38.5 Å². The van der Waals surface area contributed by atoms with Gasteiger partial charge in [-0.1, -0.05) is 12.8 Å². The highest BCUT2D eigenvalue weighted by Crippen LogP contribution is 2.24. The predicted octanol–water partition coefficient (Wildman–Crippen LogP) is 1.83. The molecule has 0 atom stereocenters. The second kappa shape index (κ2) is 4.85. The van der Waals surface area contributed by atoms with Crippen LogP contribution in [0.15, 0.2) is 6.20 Å². The number of anilines is 2. The van der Waals surface area contributed by atoms with Gasteiger partial charge < -0.3 is 10.2 Å². The molecule has 2 aliphatic rings. The van der Waals surface area contributed by atoms with Crippen LogP contribution < -0.4 is 10.2 Å². The summed E-state index contributed by atoms with van der Waals surface area (Å²) < 4.78 is 0. The highest BCUT2D eigenvalue weighted by molar-refractivity contribution is 5.40. The van der Waals surface area contributed by atoms with Crippen LogP contribution in [0.3, 0.4) is 0 Å². The highest BCUT2D eigenvalue weighted by Gasteiger charge is 2.22. The van der Waals surface area contributed by atoms with Crippen LogP contribution in [0.5, 0.6) is 0 Å². The van der Waals surface area contributed by atoms with E-state index in [4.69, 9.17) is 0 Å². The van der Waals surface area contributed by atoms with Gasteiger partial charge in [0.25, 0.3) is 0 Å². The zero-order valence-corrected chi connectivity index (χ0v) is 10.1. The summed E-state index contributed by atoms with van der Waals surface area (Å²) in [4.78, 5) is 6.82. The van der Waals surface area contributed by atoms with Crippen LogP contribution >= 0.6 is 0 Å². The summed E-state index contributed by atoms with van der Waals surface area (Å²) in [5.41, 5.74) is 0. The van der Waals surface area contributed by atoms with Crippen LogP contribution in [0, 0.1) is 0 Å². The van der Waals surface area contributed by atoms with Crippen LogP contribution in [-0.4, -0.2) is 34.3 Å². The molecule has 17 heavy (non-hydrogen) atoms. The molecule has 0 bridgehead atoms. The van der Waals surface area contributed by atoms with Crippen molar-refractivity contribution in [1.29, 1.82) is 0 Å². The van der Waals surface area contributed by atoms with Crippen LogP contribution in [0.4, 0.5) is 11.8 Å². The van der Waals surface area contributed by atoms with Gasteiger partial charge in [0.05, 0.1) is 6.20 Å². The molecule has 0 aromatic carbocycles. The molecular weight excluding hydrogens is 214 g/mol. The van der Waals surface area contributed by atoms with E-state index >= 15 is 0 Å². The number of nitrogens with one attached hydrogen (secondary N) is 1. The molecule has 1 saturated carbocycles. The lowest BCUT2D eigenvalue weighted by atomic mass is 10.2. The largest absolute Gasteiger partial charge is 0.366 e. The summed E-state index contributed by atoms with van der Waals surface area (Å²) in [7, 11) is 0. The molecule has 2 heterocycles. The Balaban J connectivity index is 1.71. The highest BCUT2D eigenvalue weighted by atomic mass is 15.3. The summed E-state index contributed by atoms with van der Waals surface area (Å²) in [5, 5.41) is 11.6. The average Bonchev–Trinajstić information content (AvgIpc) is 3.15. The van der Waals surface area contributed by atoms with E-state index in [2.05, 4.69) is 25.4 Å². The van der Waals surface area contributed by atoms with Gasteiger partial charge in [-0.25, -0.2) is 0 Å². The second-order valence-electron chi connectivity index (χ2n) is 4.96. The molecular formula is C12H19N5. The topological polar surface area (TPSA) is 53.9 Å². The Bertz CT molecular complexity index is 369. The summed E-state index contributed by atoms with van der Waals surface area (Å²) in [6, 6.07) is 0.615. The van der Waals surface area contributed by atoms with Gasteiger partial charge in [-0.15, -0.1) is 5.10 Å². The van der Waals surface area contributed by atoms with Crippen molar-refractivity contribution in [2.24, 2.45) is 0 Å². The lowest BCUT2D eigenvalue weighted by Crippen LogP contribution is -2.26. The number of aromatic nitrogens is 3. The molecule has 2 fully saturated rings. The third kappa shape index (κ3) is 2.84. The summed E-state index contributed by atoms with van der Waals surface area (Å²) in [6.45, 7) is 2.13. The van der Waals surface area contributed by atoms with Gasteiger partial charge in [-0.2, -0.15) is 10.1 Å². The maximum Gasteiger partial charge on any atom is 0.247 e. The Morgan fingerprint density at radius 1 is 1.12 bits per heavy atom. The van der Waals surface area contributed by atoms with Gasteiger partial charge in [-0.3, -0.25) is 0 Å². The fraction of sp³-hybridized carbons (Fsp3) is 0.750. The summed E-state index contributed by atoms with van der Waals surface area (Å²) in [5.74, 6) is 1.67. The third-order valence-electron chi connectivity index (χ3n) is 3.37. The molecule has 1 aliphatic carbocycles. The molecule has 0 amide bonds. The summed E-state index contributed by atoms with van der Waals surface area (Å²) >= 11 is 0. The number of rotatable bonds is 3. The monoisotopic (exact) mass is 233 g/mol. The van der Waals surface area contributed by atoms with Crippen molar-refractivity contribution in [2.75, 3.05) is 23.3 Å². The number of hydrogen-bond donors (Lipinski definition) is 1. The lowest BCUT2D eigenvalue weighted by molar-refractivity contribution is 0.726. The molecule has 5 nitrogen and oxygen atoms in total. The quantitative estimate of drug-likeness (QED) is 0.863. The fourth-order valence-electron chi connectivity index (χ4n) is 2.21. The van der Waals surface area contributed by atoms with Crippen molar-refractivity contribution in [1.82, 2.24) is 15.2 Å². The molecule has 3 rings (SSSR count). The maximum atomic E-state index is 4.56. The molecule has 1 aromatic heterocycles. The van der Waals surface area contributed by atoms with Gasteiger partial charge in [0.2, 0.25) is 5.95 Å². The first-order valence-corrected chi connectivity index (χ1v) is 6.63. The van der Waals surface area contributed by atoms with Crippen molar-refractivity contribution < 1.29 is 0 Å². The molecule has 0 spiro atoms. The molecule has 0 unspecified atom stereocenters. The van der Waals surface area contributed by atoms with Crippen molar-refractivity contribution >= 4 is 11.8 Å². The predicted molar refractivity (Wildman–Crippen MR) is 67.2 cm³/mol. The van der Waals surface area contributed by atoms with Crippen LogP contribution in [0.1, 0.15) is 38.5 Å². The van der Waals surface area contributed by atoms with Gasteiger partial charge in [-0.05, 0) is 25.7 Å². The molecule has 1 aliphatic heterocycles. The Labute approximate surface area is 102 Å². The normalized spacial score (nSPS) is 21.1. The number of nitrogens with zero attached hydrogens (tertiary/aromatic N) is 4. The molecule has 1 N–H and O–H groups in total. The molecule has 92 valence electrons. The first-order valence-electron chi connectivity index (χ1n) is 6.63. The zero-order chi connectivity index (χ0) is 11.5. The van der Waals surface area contributed by atoms with Gasteiger partial charge >= 0.3 is 0 Å². The Morgan fingerprint density at radius 2 is 1.88 bits per heavy atom. The average molecular weight is 233 g/mol. The van der Waals surface area contributed by atoms with Gasteiger partial charge in [0, 0.05) is 19.1 Å².